The second-order valence-corrected chi connectivity index (χ2v) is 18.5. The summed E-state index contributed by atoms with van der Waals surface area (Å²) in [6.07, 6.45) is 9.52. The Kier molecular flexibility index (Phi) is 10.6. The fourth-order valence-electron chi connectivity index (χ4n) is 9.09. The zero-order valence-corrected chi connectivity index (χ0v) is 34.6. The Labute approximate surface area is 335 Å². The molecule has 0 radical (unpaired) electrons. The van der Waals surface area contributed by atoms with Gasteiger partial charge in [0.2, 0.25) is 11.8 Å². The number of aromatic nitrogens is 5. The fourth-order valence-corrected chi connectivity index (χ4v) is 10.1. The largest absolute Gasteiger partial charge is 0.475 e. The predicted molar refractivity (Wildman–Crippen MR) is 220 cm³/mol. The van der Waals surface area contributed by atoms with Crippen LogP contribution < -0.4 is 9.46 Å². The van der Waals surface area contributed by atoms with Crippen LogP contribution in [0.3, 0.4) is 0 Å². The van der Waals surface area contributed by atoms with Gasteiger partial charge in [-0.3, -0.25) is 9.78 Å². The minimum absolute atomic E-state index is 0.0562. The van der Waals surface area contributed by atoms with Gasteiger partial charge in [-0.2, -0.15) is 4.98 Å². The van der Waals surface area contributed by atoms with Crippen molar-refractivity contribution in [3.8, 4) is 17.1 Å². The van der Waals surface area contributed by atoms with Crippen LogP contribution in [0.15, 0.2) is 65.7 Å². The molecule has 13 heteroatoms. The maximum atomic E-state index is 15.2. The number of methoxy groups -OCH3 is 1. The average molecular weight is 792 g/mol. The number of ether oxygens (including phenoxy) is 2. The average Bonchev–Trinajstić information content (AvgIpc) is 3.96. The van der Waals surface area contributed by atoms with E-state index in [0.717, 1.165) is 65.7 Å². The number of hydrogen-bond acceptors (Lipinski definition) is 9. The number of anilines is 1. The van der Waals surface area contributed by atoms with Crippen LogP contribution in [0, 0.1) is 25.7 Å². The van der Waals surface area contributed by atoms with Crippen molar-refractivity contribution in [2.45, 2.75) is 101 Å². The number of fused-ring (bicyclic) bond motifs is 6. The summed E-state index contributed by atoms with van der Waals surface area (Å²) >= 11 is 0. The van der Waals surface area contributed by atoms with Crippen molar-refractivity contribution in [1.29, 1.82) is 0 Å². The van der Waals surface area contributed by atoms with Gasteiger partial charge in [-0.05, 0) is 93.2 Å². The van der Waals surface area contributed by atoms with Crippen molar-refractivity contribution in [2.24, 2.45) is 18.9 Å². The number of sulfonamides is 1. The first-order valence-corrected chi connectivity index (χ1v) is 21.7. The molecule has 0 spiro atoms. The van der Waals surface area contributed by atoms with Gasteiger partial charge in [-0.1, -0.05) is 57.4 Å². The Balaban J connectivity index is 1.26. The summed E-state index contributed by atoms with van der Waals surface area (Å²) < 4.78 is 44.7. The molecule has 3 atom stereocenters. The van der Waals surface area contributed by atoms with E-state index in [1.165, 1.54) is 25.0 Å². The zero-order chi connectivity index (χ0) is 40.1. The highest BCUT2D eigenvalue weighted by molar-refractivity contribution is 7.92. The number of rotatable bonds is 9. The van der Waals surface area contributed by atoms with Crippen LogP contribution in [0.4, 0.5) is 5.95 Å². The molecule has 2 aromatic carbocycles. The smallest absolute Gasteiger partial charge is 0.264 e. The normalized spacial score (nSPS) is 21.1. The van der Waals surface area contributed by atoms with Gasteiger partial charge in [0.1, 0.15) is 12.1 Å². The van der Waals surface area contributed by atoms with Crippen LogP contribution in [0.1, 0.15) is 104 Å². The summed E-state index contributed by atoms with van der Waals surface area (Å²) in [6, 6.07) is 15.3. The molecule has 3 aliphatic rings. The van der Waals surface area contributed by atoms with Gasteiger partial charge < -0.3 is 18.9 Å². The number of carbonyl (C=O) groups is 1. The molecule has 4 bridgehead atoms. The number of amides is 1. The molecule has 5 heterocycles. The van der Waals surface area contributed by atoms with E-state index >= 15 is 4.79 Å². The predicted octanol–water partition coefficient (Wildman–Crippen LogP) is 8.09. The second-order valence-electron chi connectivity index (χ2n) is 16.9. The van der Waals surface area contributed by atoms with Crippen molar-refractivity contribution in [2.75, 3.05) is 25.0 Å². The molecule has 1 aliphatic carbocycles. The van der Waals surface area contributed by atoms with Gasteiger partial charge in [0.05, 0.1) is 34.6 Å². The summed E-state index contributed by atoms with van der Waals surface area (Å²) in [4.78, 5) is 36.6. The summed E-state index contributed by atoms with van der Waals surface area (Å²) in [7, 11) is -0.435. The van der Waals surface area contributed by atoms with Crippen molar-refractivity contribution < 1.29 is 22.7 Å². The zero-order valence-electron chi connectivity index (χ0n) is 33.8. The van der Waals surface area contributed by atoms with E-state index in [1.54, 1.807) is 25.3 Å². The van der Waals surface area contributed by atoms with Gasteiger partial charge in [-0.15, -0.1) is 0 Å². The molecule has 12 nitrogen and oxygen atoms in total. The molecule has 57 heavy (non-hydrogen) atoms. The van der Waals surface area contributed by atoms with Crippen molar-refractivity contribution in [3.05, 3.63) is 88.9 Å². The van der Waals surface area contributed by atoms with Gasteiger partial charge in [-0.25, -0.2) is 23.1 Å². The lowest BCUT2D eigenvalue weighted by molar-refractivity contribution is 0.0362. The number of carbonyl (C=O) groups excluding carboxylic acids is 1. The Morgan fingerprint density at radius 2 is 1.75 bits per heavy atom. The first-order chi connectivity index (χ1) is 27.3. The SMILES string of the molecule is COCCCC(C)(C)c1cc2ncc([C@@H]3CCC[C@@H](CC4CC4)[C@@H]4COc5cc(-c6c(C)cccc6C)nc(n5)NS(=O)(=O)c5cccc(c5)C(=O)N34)nc2n1C. The molecule has 1 saturated heterocycles. The van der Waals surface area contributed by atoms with Crippen LogP contribution in [-0.4, -0.2) is 70.1 Å². The third kappa shape index (κ3) is 7.88. The summed E-state index contributed by atoms with van der Waals surface area (Å²) in [5.74, 6) is 0.619. The van der Waals surface area contributed by atoms with Crippen LogP contribution in [-0.2, 0) is 27.2 Å². The highest BCUT2D eigenvalue weighted by Crippen LogP contribution is 2.44. The number of hydrogen-bond donors (Lipinski definition) is 1. The van der Waals surface area contributed by atoms with E-state index in [-0.39, 0.29) is 52.2 Å². The van der Waals surface area contributed by atoms with Gasteiger partial charge >= 0.3 is 0 Å². The molecule has 1 saturated carbocycles. The first-order valence-electron chi connectivity index (χ1n) is 20.2. The van der Waals surface area contributed by atoms with E-state index in [2.05, 4.69) is 34.2 Å². The Morgan fingerprint density at radius 3 is 2.51 bits per heavy atom. The molecule has 2 fully saturated rings. The molecule has 5 aromatic rings. The Morgan fingerprint density at radius 1 is 0.982 bits per heavy atom. The van der Waals surface area contributed by atoms with Crippen LogP contribution in [0.2, 0.25) is 0 Å². The number of nitrogens with zero attached hydrogens (tertiary/aromatic N) is 6. The van der Waals surface area contributed by atoms with E-state index < -0.39 is 16.1 Å². The minimum atomic E-state index is -4.20. The van der Waals surface area contributed by atoms with Crippen LogP contribution in [0.25, 0.3) is 22.4 Å². The standard InChI is InChI=1S/C44H53N7O5S/c1-27-11-7-12-28(2)40(27)33-24-39-48-43(47-33)49-57(53,54)32-15-8-14-31(22-32)42(52)51-36(16-9-13-30(21-29-17-18-29)37(51)26-56-39)35-25-45-34-23-38(50(5)41(34)46-35)44(3,4)19-10-20-55-6/h7-8,11-12,14-15,22-25,29-30,36-37H,9-10,13,16-21,26H2,1-6H3,(H,47,48,49)/t30-,36-,37-/m0/s1. The molecule has 3 aromatic heterocycles. The molecular formula is C44H53N7O5S. The summed E-state index contributed by atoms with van der Waals surface area (Å²) in [5, 5.41) is 0. The van der Waals surface area contributed by atoms with E-state index in [4.69, 9.17) is 24.4 Å². The van der Waals surface area contributed by atoms with Crippen molar-refractivity contribution in [3.63, 3.8) is 0 Å². The van der Waals surface area contributed by atoms with Crippen LogP contribution >= 0.6 is 0 Å². The monoisotopic (exact) mass is 791 g/mol. The molecule has 1 N–H and O–H groups in total. The van der Waals surface area contributed by atoms with E-state index in [9.17, 15) is 8.42 Å². The molecule has 300 valence electrons. The fraction of sp³-hybridized carbons (Fsp3) is 0.477. The third-order valence-electron chi connectivity index (χ3n) is 12.3. The summed E-state index contributed by atoms with van der Waals surface area (Å²) in [5.41, 5.74) is 6.95. The minimum Gasteiger partial charge on any atom is -0.475 e. The number of benzene rings is 2. The summed E-state index contributed by atoms with van der Waals surface area (Å²) in [6.45, 7) is 9.33. The molecular weight excluding hydrogens is 739 g/mol. The highest BCUT2D eigenvalue weighted by Gasteiger charge is 2.43. The maximum absolute atomic E-state index is 15.2. The highest BCUT2D eigenvalue weighted by atomic mass is 32.2. The van der Waals surface area contributed by atoms with Crippen LogP contribution in [0.5, 0.6) is 5.88 Å². The topological polar surface area (TPSA) is 141 Å². The van der Waals surface area contributed by atoms with Gasteiger partial charge in [0, 0.05) is 49.1 Å². The van der Waals surface area contributed by atoms with Gasteiger partial charge in [0.25, 0.3) is 15.9 Å². The first kappa shape index (κ1) is 39.0. The molecule has 0 unspecified atom stereocenters. The Bertz CT molecular complexity index is 2400. The van der Waals surface area contributed by atoms with E-state index in [1.807, 2.05) is 50.2 Å². The van der Waals surface area contributed by atoms with Crippen molar-refractivity contribution in [1.82, 2.24) is 29.4 Å². The lowest BCUT2D eigenvalue weighted by Gasteiger charge is -2.39. The maximum Gasteiger partial charge on any atom is 0.264 e. The third-order valence-corrected chi connectivity index (χ3v) is 13.6. The van der Waals surface area contributed by atoms with Crippen molar-refractivity contribution >= 4 is 33.0 Å². The molecule has 8 rings (SSSR count). The van der Waals surface area contributed by atoms with Gasteiger partial charge in [0.15, 0.2) is 5.65 Å². The second kappa shape index (κ2) is 15.5. The van der Waals surface area contributed by atoms with E-state index in [0.29, 0.717) is 30.3 Å². The lowest BCUT2D eigenvalue weighted by Crippen LogP contribution is -2.49. The molecule has 1 amide bonds. The number of aryl methyl sites for hydroxylation is 3. The quantitative estimate of drug-likeness (QED) is 0.147. The Hall–Kier alpha value is -4.88. The molecule has 2 aliphatic heterocycles. The lowest BCUT2D eigenvalue weighted by atomic mass is 9.84. The number of nitrogens with one attached hydrogen (secondary N) is 1.